The predicted octanol–water partition coefficient (Wildman–Crippen LogP) is 3.11. The van der Waals surface area contributed by atoms with Gasteiger partial charge in [0.05, 0.1) is 25.4 Å². The lowest BCUT2D eigenvalue weighted by molar-refractivity contribution is -0.0721. The number of halogens is 1. The zero-order valence-corrected chi connectivity index (χ0v) is 20.1. The molecular formula is C21H41IN4O2. The maximum atomic E-state index is 6.15. The van der Waals surface area contributed by atoms with Gasteiger partial charge in [-0.3, -0.25) is 4.99 Å². The van der Waals surface area contributed by atoms with E-state index in [4.69, 9.17) is 14.5 Å². The average Bonchev–Trinajstić information content (AvgIpc) is 2.74. The highest BCUT2D eigenvalue weighted by molar-refractivity contribution is 14.0. The van der Waals surface area contributed by atoms with E-state index in [-0.39, 0.29) is 24.0 Å². The van der Waals surface area contributed by atoms with Crippen LogP contribution < -0.4 is 5.32 Å². The lowest BCUT2D eigenvalue weighted by Crippen LogP contribution is -2.47. The number of piperidine rings is 2. The van der Waals surface area contributed by atoms with Gasteiger partial charge in [-0.1, -0.05) is 6.42 Å². The van der Waals surface area contributed by atoms with Crippen molar-refractivity contribution in [2.45, 2.75) is 70.5 Å². The summed E-state index contributed by atoms with van der Waals surface area (Å²) in [6, 6.07) is 0. The number of hydrogen-bond acceptors (Lipinski definition) is 4. The number of nitrogens with zero attached hydrogens (tertiary/aromatic N) is 3. The molecule has 3 aliphatic rings. The highest BCUT2D eigenvalue weighted by atomic mass is 127. The van der Waals surface area contributed by atoms with Crippen LogP contribution in [0, 0.1) is 0 Å². The van der Waals surface area contributed by atoms with E-state index in [1.165, 1.54) is 45.2 Å². The van der Waals surface area contributed by atoms with Crippen molar-refractivity contribution in [3.05, 3.63) is 0 Å². The van der Waals surface area contributed by atoms with Crippen molar-refractivity contribution in [3.63, 3.8) is 0 Å². The van der Waals surface area contributed by atoms with Crippen LogP contribution in [0.1, 0.15) is 58.3 Å². The maximum Gasteiger partial charge on any atom is 0.193 e. The van der Waals surface area contributed by atoms with Crippen LogP contribution in [0.2, 0.25) is 0 Å². The molecule has 3 fully saturated rings. The molecule has 7 heteroatoms. The van der Waals surface area contributed by atoms with Gasteiger partial charge in [0.1, 0.15) is 0 Å². The molecule has 3 heterocycles. The van der Waals surface area contributed by atoms with Crippen LogP contribution in [0.4, 0.5) is 0 Å². The number of aliphatic imine (C=N–C) groups is 1. The van der Waals surface area contributed by atoms with Crippen LogP contribution in [0.3, 0.4) is 0 Å². The minimum Gasteiger partial charge on any atom is -0.376 e. The second-order valence-electron chi connectivity index (χ2n) is 8.15. The molecule has 0 radical (unpaired) electrons. The summed E-state index contributed by atoms with van der Waals surface area (Å²) in [5.41, 5.74) is 0. The Kier molecular flexibility index (Phi) is 12.1. The lowest BCUT2D eigenvalue weighted by atomic mass is 10.1. The number of nitrogens with one attached hydrogen (secondary N) is 1. The molecule has 0 aromatic carbocycles. The second-order valence-corrected chi connectivity index (χ2v) is 8.15. The minimum atomic E-state index is 0. The van der Waals surface area contributed by atoms with Gasteiger partial charge >= 0.3 is 0 Å². The largest absolute Gasteiger partial charge is 0.376 e. The van der Waals surface area contributed by atoms with Gasteiger partial charge in [-0.05, 0) is 65.0 Å². The fourth-order valence-corrected chi connectivity index (χ4v) is 4.32. The van der Waals surface area contributed by atoms with Crippen molar-refractivity contribution in [2.75, 3.05) is 59.0 Å². The average molecular weight is 508 g/mol. The molecule has 0 spiro atoms. The van der Waals surface area contributed by atoms with Gasteiger partial charge in [0.2, 0.25) is 0 Å². The van der Waals surface area contributed by atoms with Gasteiger partial charge in [-0.25, -0.2) is 0 Å². The topological polar surface area (TPSA) is 49.3 Å². The van der Waals surface area contributed by atoms with E-state index in [9.17, 15) is 0 Å². The molecule has 6 nitrogen and oxygen atoms in total. The van der Waals surface area contributed by atoms with Crippen LogP contribution in [0.15, 0.2) is 4.99 Å². The van der Waals surface area contributed by atoms with E-state index in [1.807, 2.05) is 0 Å². The summed E-state index contributed by atoms with van der Waals surface area (Å²) in [6.07, 6.45) is 10.6. The first-order valence-electron chi connectivity index (χ1n) is 11.3. The molecule has 1 atom stereocenters. The van der Waals surface area contributed by atoms with Gasteiger partial charge in [-0.2, -0.15) is 0 Å². The normalized spacial score (nSPS) is 25.4. The summed E-state index contributed by atoms with van der Waals surface area (Å²) in [5.74, 6) is 1.09. The molecular weight excluding hydrogens is 467 g/mol. The summed E-state index contributed by atoms with van der Waals surface area (Å²) in [5, 5.41) is 3.49. The van der Waals surface area contributed by atoms with Crippen LogP contribution in [-0.4, -0.2) is 87.0 Å². The van der Waals surface area contributed by atoms with Crippen molar-refractivity contribution in [3.8, 4) is 0 Å². The Labute approximate surface area is 188 Å². The molecule has 1 N–H and O–H groups in total. The fourth-order valence-electron chi connectivity index (χ4n) is 4.32. The smallest absolute Gasteiger partial charge is 0.193 e. The molecule has 0 aliphatic carbocycles. The fraction of sp³-hybridized carbons (Fsp3) is 0.952. The molecule has 1 unspecified atom stereocenters. The zero-order chi connectivity index (χ0) is 18.7. The van der Waals surface area contributed by atoms with Crippen LogP contribution in [0.25, 0.3) is 0 Å². The third-order valence-corrected chi connectivity index (χ3v) is 5.99. The predicted molar refractivity (Wildman–Crippen MR) is 126 cm³/mol. The van der Waals surface area contributed by atoms with E-state index in [2.05, 4.69) is 22.0 Å². The second kappa shape index (κ2) is 14.0. The van der Waals surface area contributed by atoms with Crippen molar-refractivity contribution in [1.82, 2.24) is 15.1 Å². The van der Waals surface area contributed by atoms with Crippen LogP contribution in [-0.2, 0) is 9.47 Å². The Hall–Kier alpha value is -0.120. The monoisotopic (exact) mass is 508 g/mol. The number of hydrogen-bond donors (Lipinski definition) is 1. The van der Waals surface area contributed by atoms with E-state index in [1.54, 1.807) is 0 Å². The first kappa shape index (κ1) is 24.2. The highest BCUT2D eigenvalue weighted by Crippen LogP contribution is 2.18. The van der Waals surface area contributed by atoms with Crippen molar-refractivity contribution < 1.29 is 9.47 Å². The van der Waals surface area contributed by atoms with E-state index in [0.717, 1.165) is 71.2 Å². The van der Waals surface area contributed by atoms with Crippen LogP contribution in [0.5, 0.6) is 0 Å². The quantitative estimate of drug-likeness (QED) is 0.326. The van der Waals surface area contributed by atoms with E-state index < -0.39 is 0 Å². The van der Waals surface area contributed by atoms with Gasteiger partial charge < -0.3 is 24.6 Å². The molecule has 3 saturated heterocycles. The van der Waals surface area contributed by atoms with Gasteiger partial charge in [0, 0.05) is 32.8 Å². The Morgan fingerprint density at radius 2 is 1.82 bits per heavy atom. The third-order valence-electron chi connectivity index (χ3n) is 5.99. The van der Waals surface area contributed by atoms with Crippen molar-refractivity contribution in [1.29, 1.82) is 0 Å². The Morgan fingerprint density at radius 1 is 1.04 bits per heavy atom. The van der Waals surface area contributed by atoms with Crippen LogP contribution >= 0.6 is 24.0 Å². The zero-order valence-electron chi connectivity index (χ0n) is 17.7. The molecule has 0 amide bonds. The summed E-state index contributed by atoms with van der Waals surface area (Å²) >= 11 is 0. The maximum absolute atomic E-state index is 6.15. The Balaban J connectivity index is 0.00000280. The highest BCUT2D eigenvalue weighted by Gasteiger charge is 2.23. The molecule has 0 saturated carbocycles. The number of guanidine groups is 1. The standard InChI is InChI=1S/C21H40N4O2.HI/c1-2-22-21(23-11-16-24-12-5-3-6-13-24)25-14-9-19(10-15-25)27-18-20-8-4-7-17-26-20;/h19-20H,2-18H2,1H3,(H,22,23);1H. The number of rotatable bonds is 7. The Bertz CT molecular complexity index is 432. The van der Waals surface area contributed by atoms with Crippen molar-refractivity contribution in [2.24, 2.45) is 4.99 Å². The lowest BCUT2D eigenvalue weighted by Gasteiger charge is -2.35. The molecule has 3 rings (SSSR count). The molecule has 3 aliphatic heterocycles. The summed E-state index contributed by atoms with van der Waals surface area (Å²) < 4.78 is 11.9. The molecule has 164 valence electrons. The summed E-state index contributed by atoms with van der Waals surface area (Å²) in [6.45, 7) is 11.3. The molecule has 0 aromatic heterocycles. The SMILES string of the molecule is CCNC(=NCCN1CCCCC1)N1CCC(OCC2CCCCO2)CC1.I. The van der Waals surface area contributed by atoms with Gasteiger partial charge in [0.15, 0.2) is 5.96 Å². The molecule has 28 heavy (non-hydrogen) atoms. The Morgan fingerprint density at radius 3 is 2.50 bits per heavy atom. The molecule has 0 bridgehead atoms. The van der Waals surface area contributed by atoms with Crippen molar-refractivity contribution >= 4 is 29.9 Å². The summed E-state index contributed by atoms with van der Waals surface area (Å²) in [4.78, 5) is 9.88. The summed E-state index contributed by atoms with van der Waals surface area (Å²) in [7, 11) is 0. The van der Waals surface area contributed by atoms with Gasteiger partial charge in [-0.15, -0.1) is 24.0 Å². The molecule has 0 aromatic rings. The third kappa shape index (κ3) is 8.32. The number of likely N-dealkylation sites (tertiary alicyclic amines) is 2. The first-order chi connectivity index (χ1) is 13.3. The minimum absolute atomic E-state index is 0. The first-order valence-corrected chi connectivity index (χ1v) is 11.3. The van der Waals surface area contributed by atoms with Gasteiger partial charge in [0.25, 0.3) is 0 Å². The van der Waals surface area contributed by atoms with E-state index >= 15 is 0 Å². The number of ether oxygens (including phenoxy) is 2. The van der Waals surface area contributed by atoms with E-state index in [0.29, 0.717) is 12.2 Å².